The fraction of sp³-hybridized carbons (Fsp3) is 0.925. The summed E-state index contributed by atoms with van der Waals surface area (Å²) in [5, 5.41) is 13.9. The molecule has 0 saturated heterocycles. The predicted molar refractivity (Wildman–Crippen MR) is 208 cm³/mol. The third-order valence-electron chi connectivity index (χ3n) is 9.26. The molecule has 0 rings (SSSR count). The van der Waals surface area contributed by atoms with Crippen molar-refractivity contribution in [2.75, 3.05) is 40.9 Å². The van der Waals surface area contributed by atoms with Crippen LogP contribution in [0, 0.1) is 0 Å². The molecule has 49 heavy (non-hydrogen) atoms. The normalized spacial score (nSPS) is 14.7. The minimum absolute atomic E-state index is 0.0746. The molecule has 8 nitrogen and oxygen atoms in total. The van der Waals surface area contributed by atoms with E-state index in [1.807, 2.05) is 21.1 Å². The molecule has 9 heteroatoms. The Bertz CT molecular complexity index is 819. The molecule has 3 atom stereocenters. The van der Waals surface area contributed by atoms with Crippen molar-refractivity contribution in [2.24, 2.45) is 0 Å². The van der Waals surface area contributed by atoms with Crippen molar-refractivity contribution >= 4 is 13.7 Å². The number of phosphoric ester groups is 1. The van der Waals surface area contributed by atoms with Crippen LogP contribution in [0.5, 0.6) is 0 Å². The zero-order chi connectivity index (χ0) is 36.5. The van der Waals surface area contributed by atoms with Crippen LogP contribution in [-0.4, -0.2) is 73.4 Å². The summed E-state index contributed by atoms with van der Waals surface area (Å²) in [5.74, 6) is -0.155. The summed E-state index contributed by atoms with van der Waals surface area (Å²) in [4.78, 5) is 23.0. The Kier molecular flexibility index (Phi) is 32.6. The average molecular weight is 718 g/mol. The van der Waals surface area contributed by atoms with Gasteiger partial charge < -0.3 is 19.8 Å². The maximum atomic E-state index is 12.8. The van der Waals surface area contributed by atoms with E-state index in [2.05, 4.69) is 31.3 Å². The van der Waals surface area contributed by atoms with Crippen LogP contribution in [0.25, 0.3) is 0 Å². The first-order chi connectivity index (χ1) is 23.5. The number of rotatable bonds is 37. The molecule has 0 spiro atoms. The number of allylic oxidation sites excluding steroid dienone is 2. The Hall–Kier alpha value is -0.760. The fourth-order valence-corrected chi connectivity index (χ4v) is 6.66. The summed E-state index contributed by atoms with van der Waals surface area (Å²) in [6, 6.07) is -0.759. The van der Waals surface area contributed by atoms with Gasteiger partial charge in [-0.05, 0) is 38.5 Å². The molecular formula is C40H82N2O6P+. The SMILES string of the molecule is CCCCC/C=C\CCCCCCCC(=O)NC(COP(=O)(O)OCC[N+](C)(C)C)C(O)CCCCCCCCCCCCCCCCC. The number of quaternary nitrogens is 1. The fourth-order valence-electron chi connectivity index (χ4n) is 5.92. The van der Waals surface area contributed by atoms with Crippen molar-refractivity contribution in [3.8, 4) is 0 Å². The molecule has 0 aliphatic heterocycles. The number of nitrogens with one attached hydrogen (secondary N) is 1. The molecule has 0 aromatic heterocycles. The quantitative estimate of drug-likeness (QED) is 0.0256. The van der Waals surface area contributed by atoms with Gasteiger partial charge in [-0.1, -0.05) is 154 Å². The number of hydrogen-bond donors (Lipinski definition) is 3. The summed E-state index contributed by atoms with van der Waals surface area (Å²) in [5.41, 5.74) is 0. The Balaban J connectivity index is 4.42. The van der Waals surface area contributed by atoms with Gasteiger partial charge in [-0.2, -0.15) is 0 Å². The number of likely N-dealkylation sites (N-methyl/N-ethyl adjacent to an activating group) is 1. The second-order valence-corrected chi connectivity index (χ2v) is 16.8. The molecule has 0 fully saturated rings. The summed E-state index contributed by atoms with van der Waals surface area (Å²) in [7, 11) is 1.61. The van der Waals surface area contributed by atoms with Crippen molar-refractivity contribution in [1.29, 1.82) is 0 Å². The van der Waals surface area contributed by atoms with E-state index in [1.54, 1.807) is 0 Å². The molecule has 3 N–H and O–H groups in total. The Morgan fingerprint density at radius 1 is 0.673 bits per heavy atom. The lowest BCUT2D eigenvalue weighted by molar-refractivity contribution is -0.870. The highest BCUT2D eigenvalue weighted by atomic mass is 31.2. The third kappa shape index (κ3) is 35.4. The van der Waals surface area contributed by atoms with Gasteiger partial charge in [0.25, 0.3) is 0 Å². The number of amides is 1. The van der Waals surface area contributed by atoms with E-state index in [9.17, 15) is 19.4 Å². The first-order valence-corrected chi connectivity index (χ1v) is 22.0. The Morgan fingerprint density at radius 2 is 1.10 bits per heavy atom. The van der Waals surface area contributed by atoms with E-state index in [1.165, 1.54) is 109 Å². The van der Waals surface area contributed by atoms with Gasteiger partial charge in [0.05, 0.1) is 39.9 Å². The molecule has 0 aromatic carbocycles. The summed E-state index contributed by atoms with van der Waals surface area (Å²) < 4.78 is 23.5. The number of hydrogen-bond acceptors (Lipinski definition) is 5. The van der Waals surface area contributed by atoms with Crippen LogP contribution < -0.4 is 5.32 Å². The van der Waals surface area contributed by atoms with E-state index in [0.29, 0.717) is 23.9 Å². The monoisotopic (exact) mass is 718 g/mol. The number of aliphatic hydroxyl groups excluding tert-OH is 1. The number of carbonyl (C=O) groups excluding carboxylic acids is 1. The van der Waals surface area contributed by atoms with E-state index in [0.717, 1.165) is 51.4 Å². The highest BCUT2D eigenvalue weighted by Gasteiger charge is 2.28. The summed E-state index contributed by atoms with van der Waals surface area (Å²) in [6.45, 7) is 4.85. The number of unbranched alkanes of at least 4 members (excludes halogenated alkanes) is 22. The number of carbonyl (C=O) groups is 1. The minimum Gasteiger partial charge on any atom is -0.391 e. The van der Waals surface area contributed by atoms with Crippen LogP contribution >= 0.6 is 7.82 Å². The molecule has 0 heterocycles. The van der Waals surface area contributed by atoms with Gasteiger partial charge >= 0.3 is 7.82 Å². The van der Waals surface area contributed by atoms with Crippen molar-refractivity contribution in [3.05, 3.63) is 12.2 Å². The van der Waals surface area contributed by atoms with E-state index in [-0.39, 0.29) is 19.1 Å². The van der Waals surface area contributed by atoms with Crippen molar-refractivity contribution in [2.45, 2.75) is 199 Å². The van der Waals surface area contributed by atoms with Crippen LogP contribution in [0.15, 0.2) is 12.2 Å². The van der Waals surface area contributed by atoms with Gasteiger partial charge in [0, 0.05) is 6.42 Å². The zero-order valence-corrected chi connectivity index (χ0v) is 33.8. The second kappa shape index (κ2) is 33.1. The Labute approximate surface area is 303 Å². The topological polar surface area (TPSA) is 105 Å². The van der Waals surface area contributed by atoms with Crippen LogP contribution in [0.3, 0.4) is 0 Å². The first kappa shape index (κ1) is 48.2. The number of phosphoric acid groups is 1. The zero-order valence-electron chi connectivity index (χ0n) is 32.9. The van der Waals surface area contributed by atoms with E-state index in [4.69, 9.17) is 9.05 Å². The van der Waals surface area contributed by atoms with Gasteiger partial charge in [-0.25, -0.2) is 4.57 Å². The molecular weight excluding hydrogens is 635 g/mol. The first-order valence-electron chi connectivity index (χ1n) is 20.6. The third-order valence-corrected chi connectivity index (χ3v) is 10.2. The average Bonchev–Trinajstić information content (AvgIpc) is 3.04. The number of nitrogens with zero attached hydrogens (tertiary/aromatic N) is 1. The second-order valence-electron chi connectivity index (χ2n) is 15.4. The van der Waals surface area contributed by atoms with Gasteiger partial charge in [0.1, 0.15) is 13.2 Å². The van der Waals surface area contributed by atoms with Crippen molar-refractivity contribution in [1.82, 2.24) is 5.32 Å². The van der Waals surface area contributed by atoms with Gasteiger partial charge in [-0.15, -0.1) is 0 Å². The lowest BCUT2D eigenvalue weighted by Crippen LogP contribution is -2.46. The lowest BCUT2D eigenvalue weighted by Gasteiger charge is -2.26. The maximum Gasteiger partial charge on any atom is 0.472 e. The highest BCUT2D eigenvalue weighted by Crippen LogP contribution is 2.43. The van der Waals surface area contributed by atoms with Crippen LogP contribution in [0.1, 0.15) is 187 Å². The van der Waals surface area contributed by atoms with Crippen molar-refractivity contribution in [3.63, 3.8) is 0 Å². The molecule has 0 radical (unpaired) electrons. The Morgan fingerprint density at radius 3 is 1.61 bits per heavy atom. The van der Waals surface area contributed by atoms with E-state index >= 15 is 0 Å². The summed E-state index contributed by atoms with van der Waals surface area (Å²) >= 11 is 0. The van der Waals surface area contributed by atoms with Gasteiger partial charge in [-0.3, -0.25) is 13.8 Å². The molecule has 1 amide bonds. The van der Waals surface area contributed by atoms with Gasteiger partial charge in [0.2, 0.25) is 5.91 Å². The predicted octanol–water partition coefficient (Wildman–Crippen LogP) is 10.8. The molecule has 0 aromatic rings. The molecule has 0 bridgehead atoms. The van der Waals surface area contributed by atoms with Crippen LogP contribution in [0.4, 0.5) is 0 Å². The summed E-state index contributed by atoms with van der Waals surface area (Å²) in [6.07, 6.45) is 35.1. The molecule has 292 valence electrons. The standard InChI is InChI=1S/C40H81N2O6P/c1-6-8-10-12-14-16-18-20-21-22-23-25-27-29-31-33-39(43)38(37-48-49(45,46)47-36-35-42(3,4)5)41-40(44)34-32-30-28-26-24-19-17-15-13-11-9-7-2/h15,17,38-39,43H,6-14,16,18-37H2,1-5H3,(H-,41,44,45,46)/p+1/b17-15-. The number of aliphatic hydroxyl groups is 1. The van der Waals surface area contributed by atoms with Crippen LogP contribution in [-0.2, 0) is 18.4 Å². The smallest absolute Gasteiger partial charge is 0.391 e. The largest absolute Gasteiger partial charge is 0.472 e. The molecule has 0 saturated carbocycles. The van der Waals surface area contributed by atoms with Crippen LogP contribution in [0.2, 0.25) is 0 Å². The van der Waals surface area contributed by atoms with Gasteiger partial charge in [0.15, 0.2) is 0 Å². The highest BCUT2D eigenvalue weighted by molar-refractivity contribution is 7.47. The lowest BCUT2D eigenvalue weighted by atomic mass is 10.0. The molecule has 0 aliphatic carbocycles. The molecule has 3 unspecified atom stereocenters. The minimum atomic E-state index is -4.31. The molecule has 0 aliphatic rings. The van der Waals surface area contributed by atoms with E-state index < -0.39 is 20.0 Å². The maximum absolute atomic E-state index is 12.8. The van der Waals surface area contributed by atoms with Crippen molar-refractivity contribution < 1.29 is 32.9 Å².